The normalized spacial score (nSPS) is 12.6. The summed E-state index contributed by atoms with van der Waals surface area (Å²) in [6.07, 6.45) is 0. The van der Waals surface area contributed by atoms with Gasteiger partial charge in [-0.25, -0.2) is 9.37 Å². The van der Waals surface area contributed by atoms with E-state index in [1.54, 1.807) is 12.1 Å². The number of halogens is 1. The molecule has 5 nitrogen and oxygen atoms in total. The molecule has 4 rings (SSSR count). The molecule has 2 aromatic carbocycles. The summed E-state index contributed by atoms with van der Waals surface area (Å²) in [4.78, 5) is 7.93. The molecular weight excluding hydrogens is 305 g/mol. The van der Waals surface area contributed by atoms with Crippen molar-refractivity contribution >= 4 is 11.0 Å². The van der Waals surface area contributed by atoms with E-state index in [2.05, 4.69) is 20.2 Å². The highest BCUT2D eigenvalue weighted by atomic mass is 19.1. The number of hydrogen-bond donors (Lipinski definition) is 3. The van der Waals surface area contributed by atoms with Crippen LogP contribution in [0.1, 0.15) is 17.4 Å². The van der Waals surface area contributed by atoms with Gasteiger partial charge >= 0.3 is 0 Å². The van der Waals surface area contributed by atoms with Crippen LogP contribution in [0.4, 0.5) is 4.39 Å². The predicted octanol–water partition coefficient (Wildman–Crippen LogP) is 3.18. The van der Waals surface area contributed by atoms with Crippen molar-refractivity contribution in [1.82, 2.24) is 20.2 Å². The van der Waals surface area contributed by atoms with Crippen molar-refractivity contribution in [1.29, 1.82) is 0 Å². The summed E-state index contributed by atoms with van der Waals surface area (Å²) in [5.74, 6) is 0.420. The van der Waals surface area contributed by atoms with Crippen molar-refractivity contribution in [2.45, 2.75) is 5.92 Å². The van der Waals surface area contributed by atoms with Gasteiger partial charge in [-0.2, -0.15) is 5.10 Å². The van der Waals surface area contributed by atoms with E-state index in [-0.39, 0.29) is 11.7 Å². The van der Waals surface area contributed by atoms with Crippen LogP contribution in [-0.2, 0) is 0 Å². The number of para-hydroxylation sites is 2. The number of aromatic nitrogens is 4. The molecule has 2 aromatic heterocycles. The Bertz CT molecular complexity index is 937. The minimum atomic E-state index is -0.267. The Morgan fingerprint density at radius 3 is 2.62 bits per heavy atom. The monoisotopic (exact) mass is 321 g/mol. The molecule has 120 valence electrons. The van der Waals surface area contributed by atoms with Crippen LogP contribution < -0.4 is 5.73 Å². The zero-order valence-corrected chi connectivity index (χ0v) is 12.8. The first-order chi connectivity index (χ1) is 11.7. The van der Waals surface area contributed by atoms with Gasteiger partial charge in [0.05, 0.1) is 22.6 Å². The number of rotatable bonds is 4. The SMILES string of the molecule is NCC(c1cc(-c2ccc(F)cc2)n[nH]1)c1nc2ccccc2[nH]1. The highest BCUT2D eigenvalue weighted by Gasteiger charge is 2.19. The standard InChI is InChI=1S/C18H16FN5/c19-12-7-5-11(6-8-12)16-9-17(24-23-16)13(10-20)18-21-14-3-1-2-4-15(14)22-18/h1-9,13H,10,20H2,(H,21,22)(H,23,24). The van der Waals surface area contributed by atoms with E-state index >= 15 is 0 Å². The number of nitrogens with zero attached hydrogens (tertiary/aromatic N) is 2. The fourth-order valence-corrected chi connectivity index (χ4v) is 2.81. The smallest absolute Gasteiger partial charge is 0.123 e. The van der Waals surface area contributed by atoms with Crippen LogP contribution in [0.15, 0.2) is 54.6 Å². The van der Waals surface area contributed by atoms with Gasteiger partial charge in [0.1, 0.15) is 11.6 Å². The molecule has 1 unspecified atom stereocenters. The number of imidazole rings is 1. The molecule has 1 atom stereocenters. The van der Waals surface area contributed by atoms with Crippen molar-refractivity contribution in [2.75, 3.05) is 6.54 Å². The highest BCUT2D eigenvalue weighted by molar-refractivity contribution is 5.75. The van der Waals surface area contributed by atoms with Gasteiger partial charge in [-0.05, 0) is 42.5 Å². The summed E-state index contributed by atoms with van der Waals surface area (Å²) in [6.45, 7) is 0.394. The fourth-order valence-electron chi connectivity index (χ4n) is 2.81. The lowest BCUT2D eigenvalue weighted by molar-refractivity contribution is 0.628. The lowest BCUT2D eigenvalue weighted by atomic mass is 10.0. The summed E-state index contributed by atoms with van der Waals surface area (Å²) in [5.41, 5.74) is 10.3. The Hall–Kier alpha value is -2.99. The quantitative estimate of drug-likeness (QED) is 0.540. The maximum Gasteiger partial charge on any atom is 0.123 e. The molecule has 0 aliphatic heterocycles. The molecule has 0 radical (unpaired) electrons. The van der Waals surface area contributed by atoms with E-state index in [1.165, 1.54) is 12.1 Å². The summed E-state index contributed by atoms with van der Waals surface area (Å²) >= 11 is 0. The predicted molar refractivity (Wildman–Crippen MR) is 91.0 cm³/mol. The molecule has 0 saturated heterocycles. The number of nitrogens with one attached hydrogen (secondary N) is 2. The first-order valence-electron chi connectivity index (χ1n) is 7.70. The molecule has 24 heavy (non-hydrogen) atoms. The van der Waals surface area contributed by atoms with Gasteiger partial charge in [0, 0.05) is 17.8 Å². The van der Waals surface area contributed by atoms with Crippen molar-refractivity contribution < 1.29 is 4.39 Å². The lowest BCUT2D eigenvalue weighted by Crippen LogP contribution is -2.15. The van der Waals surface area contributed by atoms with Crippen molar-refractivity contribution in [3.05, 3.63) is 71.9 Å². The van der Waals surface area contributed by atoms with Gasteiger partial charge in [-0.3, -0.25) is 5.10 Å². The van der Waals surface area contributed by atoms with E-state index in [0.29, 0.717) is 6.54 Å². The van der Waals surface area contributed by atoms with Crippen molar-refractivity contribution in [3.8, 4) is 11.3 Å². The first-order valence-corrected chi connectivity index (χ1v) is 7.70. The number of benzene rings is 2. The Balaban J connectivity index is 1.69. The van der Waals surface area contributed by atoms with E-state index in [1.807, 2.05) is 30.3 Å². The molecule has 0 aliphatic carbocycles. The Morgan fingerprint density at radius 1 is 1.08 bits per heavy atom. The second-order valence-electron chi connectivity index (χ2n) is 5.64. The second kappa shape index (κ2) is 5.90. The molecule has 0 bridgehead atoms. The second-order valence-corrected chi connectivity index (χ2v) is 5.64. The summed E-state index contributed by atoms with van der Waals surface area (Å²) < 4.78 is 13.1. The number of H-pyrrole nitrogens is 2. The molecule has 0 saturated carbocycles. The molecule has 0 amide bonds. The topological polar surface area (TPSA) is 83.4 Å². The van der Waals surface area contributed by atoms with E-state index in [4.69, 9.17) is 5.73 Å². The first kappa shape index (κ1) is 14.6. The largest absolute Gasteiger partial charge is 0.341 e. The van der Waals surface area contributed by atoms with Crippen LogP contribution in [0, 0.1) is 5.82 Å². The molecule has 0 spiro atoms. The van der Waals surface area contributed by atoms with Crippen LogP contribution in [0.25, 0.3) is 22.3 Å². The molecule has 4 N–H and O–H groups in total. The van der Waals surface area contributed by atoms with Gasteiger partial charge < -0.3 is 10.7 Å². The third-order valence-electron chi connectivity index (χ3n) is 4.09. The number of aromatic amines is 2. The third kappa shape index (κ3) is 2.57. The summed E-state index contributed by atoms with van der Waals surface area (Å²) in [7, 11) is 0. The number of hydrogen-bond acceptors (Lipinski definition) is 3. The van der Waals surface area contributed by atoms with Crippen molar-refractivity contribution in [3.63, 3.8) is 0 Å². The Kier molecular flexibility index (Phi) is 3.59. The van der Waals surface area contributed by atoms with Gasteiger partial charge in [-0.1, -0.05) is 12.1 Å². The highest BCUT2D eigenvalue weighted by Crippen LogP contribution is 2.26. The molecule has 2 heterocycles. The fraction of sp³-hybridized carbons (Fsp3) is 0.111. The maximum absolute atomic E-state index is 13.1. The van der Waals surface area contributed by atoms with Gasteiger partial charge in [0.2, 0.25) is 0 Å². The lowest BCUT2D eigenvalue weighted by Gasteiger charge is -2.08. The average molecular weight is 321 g/mol. The van der Waals surface area contributed by atoms with E-state index < -0.39 is 0 Å². The Labute approximate surface area is 137 Å². The van der Waals surface area contributed by atoms with Gasteiger partial charge in [0.15, 0.2) is 0 Å². The molecular formula is C18H16FN5. The third-order valence-corrected chi connectivity index (χ3v) is 4.09. The molecule has 0 aliphatic rings. The molecule has 6 heteroatoms. The van der Waals surface area contributed by atoms with Crippen molar-refractivity contribution in [2.24, 2.45) is 5.73 Å². The average Bonchev–Trinajstić information content (AvgIpc) is 3.23. The number of fused-ring (bicyclic) bond motifs is 1. The van der Waals surface area contributed by atoms with Crippen LogP contribution in [0.3, 0.4) is 0 Å². The van der Waals surface area contributed by atoms with Gasteiger partial charge in [0.25, 0.3) is 0 Å². The van der Waals surface area contributed by atoms with Crippen LogP contribution in [0.2, 0.25) is 0 Å². The molecule has 0 fully saturated rings. The van der Waals surface area contributed by atoms with Crippen LogP contribution >= 0.6 is 0 Å². The minimum Gasteiger partial charge on any atom is -0.341 e. The summed E-state index contributed by atoms with van der Waals surface area (Å²) in [6, 6.07) is 16.0. The minimum absolute atomic E-state index is 0.112. The zero-order chi connectivity index (χ0) is 16.5. The molecule has 4 aromatic rings. The summed E-state index contributed by atoms with van der Waals surface area (Å²) in [5, 5.41) is 7.35. The van der Waals surface area contributed by atoms with Crippen LogP contribution in [0.5, 0.6) is 0 Å². The van der Waals surface area contributed by atoms with Crippen LogP contribution in [-0.4, -0.2) is 26.7 Å². The van der Waals surface area contributed by atoms with E-state index in [9.17, 15) is 4.39 Å². The maximum atomic E-state index is 13.1. The zero-order valence-electron chi connectivity index (χ0n) is 12.8. The van der Waals surface area contributed by atoms with Gasteiger partial charge in [-0.15, -0.1) is 0 Å². The number of nitrogens with two attached hydrogens (primary N) is 1. The van der Waals surface area contributed by atoms with E-state index in [0.717, 1.165) is 33.8 Å². The Morgan fingerprint density at radius 2 is 1.88 bits per heavy atom.